The van der Waals surface area contributed by atoms with Crippen LogP contribution < -0.4 is 0 Å². The average Bonchev–Trinajstić information content (AvgIpc) is 2.07. The fourth-order valence-electron chi connectivity index (χ4n) is 1.32. The SMILES string of the molecule is CCC(CBr)C(COC)COC. The van der Waals surface area contributed by atoms with Crippen LogP contribution in [0.25, 0.3) is 0 Å². The topological polar surface area (TPSA) is 18.5 Å². The van der Waals surface area contributed by atoms with E-state index in [2.05, 4.69) is 22.9 Å². The molecule has 0 aliphatic heterocycles. The summed E-state index contributed by atoms with van der Waals surface area (Å²) in [6.07, 6.45) is 1.17. The van der Waals surface area contributed by atoms with E-state index < -0.39 is 0 Å². The maximum absolute atomic E-state index is 5.14. The third-order valence-electron chi connectivity index (χ3n) is 2.15. The highest BCUT2D eigenvalue weighted by Gasteiger charge is 2.18. The molecule has 0 N–H and O–H groups in total. The first-order chi connectivity index (χ1) is 5.79. The van der Waals surface area contributed by atoms with Crippen molar-refractivity contribution in [1.82, 2.24) is 0 Å². The van der Waals surface area contributed by atoms with E-state index in [0.717, 1.165) is 18.5 Å². The molecule has 0 radical (unpaired) electrons. The normalized spacial score (nSPS) is 13.8. The largest absolute Gasteiger partial charge is 0.384 e. The van der Waals surface area contributed by atoms with Crippen molar-refractivity contribution < 1.29 is 9.47 Å². The molecule has 2 nitrogen and oxygen atoms in total. The van der Waals surface area contributed by atoms with Gasteiger partial charge in [0, 0.05) is 25.5 Å². The summed E-state index contributed by atoms with van der Waals surface area (Å²) in [7, 11) is 3.48. The molecule has 1 atom stereocenters. The smallest absolute Gasteiger partial charge is 0.0515 e. The Morgan fingerprint density at radius 2 is 1.58 bits per heavy atom. The molecule has 0 saturated heterocycles. The van der Waals surface area contributed by atoms with Crippen molar-refractivity contribution in [1.29, 1.82) is 0 Å². The van der Waals surface area contributed by atoms with Gasteiger partial charge < -0.3 is 9.47 Å². The monoisotopic (exact) mass is 238 g/mol. The van der Waals surface area contributed by atoms with Gasteiger partial charge in [0.1, 0.15) is 0 Å². The molecular formula is C9H19BrO2. The number of methoxy groups -OCH3 is 2. The zero-order valence-corrected chi connectivity index (χ0v) is 9.76. The lowest BCUT2D eigenvalue weighted by molar-refractivity contribution is 0.0586. The van der Waals surface area contributed by atoms with Crippen LogP contribution in [0.5, 0.6) is 0 Å². The van der Waals surface area contributed by atoms with Crippen molar-refractivity contribution in [2.45, 2.75) is 13.3 Å². The van der Waals surface area contributed by atoms with Crippen molar-refractivity contribution in [2.24, 2.45) is 11.8 Å². The Kier molecular flexibility index (Phi) is 8.29. The highest BCUT2D eigenvalue weighted by atomic mass is 79.9. The number of alkyl halides is 1. The van der Waals surface area contributed by atoms with E-state index >= 15 is 0 Å². The van der Waals surface area contributed by atoms with Crippen molar-refractivity contribution in [3.05, 3.63) is 0 Å². The van der Waals surface area contributed by atoms with Crippen molar-refractivity contribution >= 4 is 15.9 Å². The maximum atomic E-state index is 5.14. The Labute approximate surface area is 83.8 Å². The molecule has 0 amide bonds. The Morgan fingerprint density at radius 3 is 1.83 bits per heavy atom. The Hall–Kier alpha value is 0.400. The quantitative estimate of drug-likeness (QED) is 0.635. The number of ether oxygens (including phenoxy) is 2. The number of hydrogen-bond donors (Lipinski definition) is 0. The predicted octanol–water partition coefficient (Wildman–Crippen LogP) is 2.32. The van der Waals surface area contributed by atoms with Crippen LogP contribution in [0.4, 0.5) is 0 Å². The number of hydrogen-bond acceptors (Lipinski definition) is 2. The van der Waals surface area contributed by atoms with Gasteiger partial charge in [-0.1, -0.05) is 29.3 Å². The van der Waals surface area contributed by atoms with Crippen LogP contribution >= 0.6 is 15.9 Å². The highest BCUT2D eigenvalue weighted by Crippen LogP contribution is 2.18. The van der Waals surface area contributed by atoms with Crippen LogP contribution in [-0.2, 0) is 9.47 Å². The lowest BCUT2D eigenvalue weighted by atomic mass is 9.93. The average molecular weight is 239 g/mol. The molecule has 0 aliphatic rings. The highest BCUT2D eigenvalue weighted by molar-refractivity contribution is 9.09. The second-order valence-electron chi connectivity index (χ2n) is 2.99. The molecule has 3 heteroatoms. The van der Waals surface area contributed by atoms with Crippen molar-refractivity contribution in [2.75, 3.05) is 32.8 Å². The summed E-state index contributed by atoms with van der Waals surface area (Å²) in [6, 6.07) is 0. The Morgan fingerprint density at radius 1 is 1.08 bits per heavy atom. The first-order valence-electron chi connectivity index (χ1n) is 4.33. The second-order valence-corrected chi connectivity index (χ2v) is 3.64. The molecule has 0 saturated carbocycles. The molecule has 1 unspecified atom stereocenters. The van der Waals surface area contributed by atoms with Gasteiger partial charge in [-0.25, -0.2) is 0 Å². The molecule has 74 valence electrons. The Bertz CT molecular complexity index is 88.5. The minimum atomic E-state index is 0.518. The van der Waals surface area contributed by atoms with E-state index in [0.29, 0.717) is 11.8 Å². The lowest BCUT2D eigenvalue weighted by Crippen LogP contribution is -2.24. The Balaban J connectivity index is 3.86. The van der Waals surface area contributed by atoms with Gasteiger partial charge in [0.25, 0.3) is 0 Å². The van der Waals surface area contributed by atoms with Gasteiger partial charge in [0.15, 0.2) is 0 Å². The molecule has 0 heterocycles. The molecule has 0 aromatic carbocycles. The minimum Gasteiger partial charge on any atom is -0.384 e. The van der Waals surface area contributed by atoms with Crippen molar-refractivity contribution in [3.63, 3.8) is 0 Å². The van der Waals surface area contributed by atoms with Gasteiger partial charge in [-0.2, -0.15) is 0 Å². The zero-order chi connectivity index (χ0) is 9.40. The third-order valence-corrected chi connectivity index (χ3v) is 2.98. The van der Waals surface area contributed by atoms with E-state index in [-0.39, 0.29) is 0 Å². The summed E-state index contributed by atoms with van der Waals surface area (Å²) < 4.78 is 10.3. The van der Waals surface area contributed by atoms with E-state index in [1.54, 1.807) is 14.2 Å². The zero-order valence-electron chi connectivity index (χ0n) is 8.18. The van der Waals surface area contributed by atoms with Crippen LogP contribution in [-0.4, -0.2) is 32.8 Å². The molecule has 0 fully saturated rings. The van der Waals surface area contributed by atoms with Gasteiger partial charge in [-0.05, 0) is 5.92 Å². The van der Waals surface area contributed by atoms with Crippen LogP contribution in [0.1, 0.15) is 13.3 Å². The van der Waals surface area contributed by atoms with Gasteiger partial charge in [0.2, 0.25) is 0 Å². The molecule has 0 bridgehead atoms. The van der Waals surface area contributed by atoms with Crippen LogP contribution in [0.3, 0.4) is 0 Å². The summed E-state index contributed by atoms with van der Waals surface area (Å²) >= 11 is 3.51. The van der Waals surface area contributed by atoms with Gasteiger partial charge in [0.05, 0.1) is 13.2 Å². The van der Waals surface area contributed by atoms with Gasteiger partial charge >= 0.3 is 0 Å². The summed E-state index contributed by atoms with van der Waals surface area (Å²) in [5.74, 6) is 1.18. The van der Waals surface area contributed by atoms with E-state index in [4.69, 9.17) is 9.47 Å². The molecule has 12 heavy (non-hydrogen) atoms. The minimum absolute atomic E-state index is 0.518. The molecule has 0 rings (SSSR count). The van der Waals surface area contributed by atoms with Crippen LogP contribution in [0.15, 0.2) is 0 Å². The summed E-state index contributed by atoms with van der Waals surface area (Å²) in [4.78, 5) is 0. The number of rotatable bonds is 7. The lowest BCUT2D eigenvalue weighted by Gasteiger charge is -2.22. The fraction of sp³-hybridized carbons (Fsp3) is 1.00. The fourth-order valence-corrected chi connectivity index (χ4v) is 2.30. The first kappa shape index (κ1) is 12.4. The third kappa shape index (κ3) is 4.43. The second kappa shape index (κ2) is 8.02. The van der Waals surface area contributed by atoms with Gasteiger partial charge in [-0.3, -0.25) is 0 Å². The molecule has 0 aromatic heterocycles. The van der Waals surface area contributed by atoms with Crippen LogP contribution in [0, 0.1) is 11.8 Å². The summed E-state index contributed by atoms with van der Waals surface area (Å²) in [6.45, 7) is 3.78. The van der Waals surface area contributed by atoms with Gasteiger partial charge in [-0.15, -0.1) is 0 Å². The number of halogens is 1. The summed E-state index contributed by atoms with van der Waals surface area (Å²) in [5, 5.41) is 1.03. The van der Waals surface area contributed by atoms with E-state index in [1.165, 1.54) is 6.42 Å². The predicted molar refractivity (Wildman–Crippen MR) is 54.8 cm³/mol. The standard InChI is InChI=1S/C9H19BrO2/c1-4-8(5-10)9(6-11-2)7-12-3/h8-9H,4-7H2,1-3H3. The maximum Gasteiger partial charge on any atom is 0.0515 e. The molecule has 0 aliphatic carbocycles. The molecule has 0 spiro atoms. The van der Waals surface area contributed by atoms with E-state index in [1.807, 2.05) is 0 Å². The van der Waals surface area contributed by atoms with Crippen LogP contribution in [0.2, 0.25) is 0 Å². The first-order valence-corrected chi connectivity index (χ1v) is 5.46. The molecular weight excluding hydrogens is 220 g/mol. The van der Waals surface area contributed by atoms with Crippen molar-refractivity contribution in [3.8, 4) is 0 Å². The molecule has 0 aromatic rings. The summed E-state index contributed by atoms with van der Waals surface area (Å²) in [5.41, 5.74) is 0. The van der Waals surface area contributed by atoms with E-state index in [9.17, 15) is 0 Å².